The zero-order valence-electron chi connectivity index (χ0n) is 17.7. The molecule has 2 aromatic carbocycles. The average molecular weight is 426 g/mol. The van der Waals surface area contributed by atoms with Crippen LogP contribution in [0.2, 0.25) is 0 Å². The molecule has 0 aliphatic carbocycles. The van der Waals surface area contributed by atoms with Crippen molar-refractivity contribution < 1.29 is 18.7 Å². The molecule has 1 unspecified atom stereocenters. The summed E-state index contributed by atoms with van der Waals surface area (Å²) in [6, 6.07) is 14.0. The number of benzene rings is 2. The largest absolute Gasteiger partial charge is 0.447 e. The van der Waals surface area contributed by atoms with Crippen molar-refractivity contribution in [3.63, 3.8) is 0 Å². The number of piperidine rings is 1. The second-order valence-electron chi connectivity index (χ2n) is 8.40. The molecule has 164 valence electrons. The molecule has 2 aromatic rings. The van der Waals surface area contributed by atoms with E-state index in [2.05, 4.69) is 22.3 Å². The molecule has 0 spiro atoms. The minimum absolute atomic E-state index is 0.0594. The molecule has 2 amide bonds. The Balaban J connectivity index is 1.28. The van der Waals surface area contributed by atoms with Crippen LogP contribution in [-0.2, 0) is 16.0 Å². The maximum atomic E-state index is 13.2. The number of anilines is 2. The predicted octanol–water partition coefficient (Wildman–Crippen LogP) is 4.06. The van der Waals surface area contributed by atoms with Crippen LogP contribution in [0.15, 0.2) is 48.5 Å². The van der Waals surface area contributed by atoms with E-state index in [1.165, 1.54) is 24.6 Å². The minimum atomic E-state index is -0.366. The van der Waals surface area contributed by atoms with Crippen LogP contribution in [0.1, 0.15) is 25.3 Å². The van der Waals surface area contributed by atoms with Crippen molar-refractivity contribution in [1.82, 2.24) is 4.90 Å². The summed E-state index contributed by atoms with van der Waals surface area (Å²) in [7, 11) is 0. The summed E-state index contributed by atoms with van der Waals surface area (Å²) < 4.78 is 18.5. The van der Waals surface area contributed by atoms with E-state index in [-0.39, 0.29) is 23.9 Å². The third kappa shape index (κ3) is 5.41. The van der Waals surface area contributed by atoms with Crippen molar-refractivity contribution in [3.8, 4) is 0 Å². The summed E-state index contributed by atoms with van der Waals surface area (Å²) in [5, 5.41) is 2.79. The summed E-state index contributed by atoms with van der Waals surface area (Å²) in [4.78, 5) is 27.4. The number of ether oxygens (including phenoxy) is 1. The fourth-order valence-corrected chi connectivity index (χ4v) is 4.44. The Bertz CT molecular complexity index is 909. The average Bonchev–Trinajstić information content (AvgIpc) is 3.11. The Hall–Kier alpha value is -2.93. The summed E-state index contributed by atoms with van der Waals surface area (Å²) in [6.07, 6.45) is 2.87. The normalized spacial score (nSPS) is 20.0. The number of hydrogen-bond donors (Lipinski definition) is 1. The van der Waals surface area contributed by atoms with Gasteiger partial charge in [0.2, 0.25) is 5.91 Å². The number of nitrogens with one attached hydrogen (secondary N) is 1. The lowest BCUT2D eigenvalue weighted by Gasteiger charge is -2.34. The van der Waals surface area contributed by atoms with Crippen molar-refractivity contribution in [1.29, 1.82) is 0 Å². The number of likely N-dealkylation sites (tertiary alicyclic amines) is 1. The van der Waals surface area contributed by atoms with Crippen molar-refractivity contribution in [2.24, 2.45) is 5.92 Å². The molecule has 31 heavy (non-hydrogen) atoms. The van der Waals surface area contributed by atoms with Crippen molar-refractivity contribution in [2.45, 2.75) is 32.2 Å². The van der Waals surface area contributed by atoms with Crippen molar-refractivity contribution in [2.75, 3.05) is 36.5 Å². The monoisotopic (exact) mass is 425 g/mol. The van der Waals surface area contributed by atoms with Gasteiger partial charge in [0, 0.05) is 24.8 Å². The first-order chi connectivity index (χ1) is 15.0. The van der Waals surface area contributed by atoms with E-state index in [4.69, 9.17) is 4.74 Å². The molecular formula is C24H28FN3O3. The molecule has 2 fully saturated rings. The van der Waals surface area contributed by atoms with Gasteiger partial charge in [-0.25, -0.2) is 9.18 Å². The number of carbonyl (C=O) groups excluding carboxylic acids is 2. The lowest BCUT2D eigenvalue weighted by atomic mass is 9.90. The van der Waals surface area contributed by atoms with Gasteiger partial charge in [-0.2, -0.15) is 0 Å². The van der Waals surface area contributed by atoms with E-state index in [9.17, 15) is 14.0 Å². The second-order valence-corrected chi connectivity index (χ2v) is 8.40. The van der Waals surface area contributed by atoms with Crippen LogP contribution in [-0.4, -0.2) is 49.2 Å². The van der Waals surface area contributed by atoms with Crippen molar-refractivity contribution >= 4 is 23.4 Å². The SMILES string of the molecule is CC(=O)Nc1ccc(CC2CCN(CC3COC(=O)N3c3ccc(F)cc3)CC2)cc1. The summed E-state index contributed by atoms with van der Waals surface area (Å²) >= 11 is 0. The number of nitrogens with zero attached hydrogens (tertiary/aromatic N) is 2. The Kier molecular flexibility index (Phi) is 6.51. The third-order valence-corrected chi connectivity index (χ3v) is 6.04. The van der Waals surface area contributed by atoms with E-state index in [1.54, 1.807) is 17.0 Å². The second kappa shape index (κ2) is 9.47. The van der Waals surface area contributed by atoms with E-state index < -0.39 is 0 Å². The highest BCUT2D eigenvalue weighted by atomic mass is 19.1. The minimum Gasteiger partial charge on any atom is -0.447 e. The topological polar surface area (TPSA) is 61.9 Å². The number of hydrogen-bond acceptors (Lipinski definition) is 4. The van der Waals surface area contributed by atoms with Crippen LogP contribution in [0.3, 0.4) is 0 Å². The summed E-state index contributed by atoms with van der Waals surface area (Å²) in [5.74, 6) is 0.240. The molecule has 2 aliphatic heterocycles. The van der Waals surface area contributed by atoms with Crippen LogP contribution < -0.4 is 10.2 Å². The number of amides is 2. The van der Waals surface area contributed by atoms with Crippen LogP contribution in [0.5, 0.6) is 0 Å². The Morgan fingerprint density at radius 3 is 2.42 bits per heavy atom. The lowest BCUT2D eigenvalue weighted by molar-refractivity contribution is -0.114. The number of cyclic esters (lactones) is 1. The van der Waals surface area contributed by atoms with Crippen LogP contribution >= 0.6 is 0 Å². The Morgan fingerprint density at radius 2 is 1.77 bits per heavy atom. The van der Waals surface area contributed by atoms with Gasteiger partial charge in [0.1, 0.15) is 12.4 Å². The molecule has 0 aromatic heterocycles. The van der Waals surface area contributed by atoms with E-state index in [1.807, 2.05) is 12.1 Å². The molecule has 0 saturated carbocycles. The molecular weight excluding hydrogens is 397 g/mol. The smallest absolute Gasteiger partial charge is 0.414 e. The summed E-state index contributed by atoms with van der Waals surface area (Å²) in [6.45, 7) is 4.58. The zero-order valence-corrected chi connectivity index (χ0v) is 17.7. The maximum absolute atomic E-state index is 13.2. The van der Waals surface area contributed by atoms with Gasteiger partial charge in [0.25, 0.3) is 0 Å². The predicted molar refractivity (Wildman–Crippen MR) is 118 cm³/mol. The van der Waals surface area contributed by atoms with Crippen LogP contribution in [0, 0.1) is 11.7 Å². The zero-order chi connectivity index (χ0) is 21.8. The fourth-order valence-electron chi connectivity index (χ4n) is 4.44. The van der Waals surface area contributed by atoms with Gasteiger partial charge >= 0.3 is 6.09 Å². The van der Waals surface area contributed by atoms with Gasteiger partial charge in [-0.15, -0.1) is 0 Å². The van der Waals surface area contributed by atoms with E-state index in [0.717, 1.165) is 44.6 Å². The molecule has 2 aliphatic rings. The molecule has 1 N–H and O–H groups in total. The van der Waals surface area contributed by atoms with Gasteiger partial charge in [-0.1, -0.05) is 12.1 Å². The lowest BCUT2D eigenvalue weighted by Crippen LogP contribution is -2.45. The molecule has 4 rings (SSSR count). The molecule has 2 heterocycles. The van der Waals surface area contributed by atoms with Gasteiger partial charge in [0.05, 0.1) is 6.04 Å². The van der Waals surface area contributed by atoms with Crippen LogP contribution in [0.25, 0.3) is 0 Å². The highest BCUT2D eigenvalue weighted by Gasteiger charge is 2.36. The van der Waals surface area contributed by atoms with Gasteiger partial charge < -0.3 is 15.0 Å². The number of halogens is 1. The molecule has 1 atom stereocenters. The first kappa shape index (κ1) is 21.3. The third-order valence-electron chi connectivity index (χ3n) is 6.04. The molecule has 6 nitrogen and oxygen atoms in total. The fraction of sp³-hybridized carbons (Fsp3) is 0.417. The highest BCUT2D eigenvalue weighted by Crippen LogP contribution is 2.27. The van der Waals surface area contributed by atoms with Crippen molar-refractivity contribution in [3.05, 3.63) is 59.9 Å². The van der Waals surface area contributed by atoms with Crippen LogP contribution in [0.4, 0.5) is 20.6 Å². The maximum Gasteiger partial charge on any atom is 0.414 e. The quantitative estimate of drug-likeness (QED) is 0.758. The van der Waals surface area contributed by atoms with E-state index >= 15 is 0 Å². The molecule has 0 radical (unpaired) electrons. The highest BCUT2D eigenvalue weighted by molar-refractivity contribution is 5.90. The Labute approximate surface area is 182 Å². The van der Waals surface area contributed by atoms with Gasteiger partial charge in [-0.3, -0.25) is 9.69 Å². The molecule has 2 saturated heterocycles. The summed E-state index contributed by atoms with van der Waals surface area (Å²) in [5.41, 5.74) is 2.78. The molecule has 7 heteroatoms. The standard InChI is InChI=1S/C24H28FN3O3/c1-17(29)26-21-6-2-18(3-7-21)14-19-10-12-27(13-11-19)15-23-16-31-24(30)28(23)22-8-4-20(25)5-9-22/h2-9,19,23H,10-16H2,1H3,(H,26,29). The number of rotatable bonds is 6. The number of carbonyl (C=O) groups is 2. The Morgan fingerprint density at radius 1 is 1.10 bits per heavy atom. The van der Waals surface area contributed by atoms with E-state index in [0.29, 0.717) is 18.2 Å². The van der Waals surface area contributed by atoms with Gasteiger partial charge in [-0.05, 0) is 80.2 Å². The first-order valence-electron chi connectivity index (χ1n) is 10.8. The van der Waals surface area contributed by atoms with Gasteiger partial charge in [0.15, 0.2) is 0 Å². The first-order valence-corrected chi connectivity index (χ1v) is 10.8. The molecule has 0 bridgehead atoms.